The highest BCUT2D eigenvalue weighted by Gasteiger charge is 2.20. The molecule has 0 aliphatic carbocycles. The second-order valence-electron chi connectivity index (χ2n) is 11.3. The molecule has 46 heavy (non-hydrogen) atoms. The highest BCUT2D eigenvalue weighted by atomic mass is 35.5. The minimum atomic E-state index is 0.122. The summed E-state index contributed by atoms with van der Waals surface area (Å²) in [6.45, 7) is 0. The van der Waals surface area contributed by atoms with E-state index in [1.54, 1.807) is 0 Å². The molecule has 2 heterocycles. The summed E-state index contributed by atoms with van der Waals surface area (Å²) in [4.78, 5) is 14.4. The molecule has 0 fully saturated rings. The van der Waals surface area contributed by atoms with Gasteiger partial charge in [-0.15, -0.1) is 0 Å². The Morgan fingerprint density at radius 2 is 1.02 bits per heavy atom. The Kier molecular flexibility index (Phi) is 6.15. The summed E-state index contributed by atoms with van der Waals surface area (Å²) in [5, 5.41) is 6.71. The van der Waals surface area contributed by atoms with E-state index in [0.717, 1.165) is 54.9 Å². The van der Waals surface area contributed by atoms with Crippen molar-refractivity contribution in [3.8, 4) is 45.0 Å². The summed E-state index contributed by atoms with van der Waals surface area (Å²) in [5.41, 5.74) is 7.62. The van der Waals surface area contributed by atoms with E-state index < -0.39 is 0 Å². The molecule has 5 heteroatoms. The Bertz CT molecular complexity index is 2600. The van der Waals surface area contributed by atoms with Gasteiger partial charge in [-0.25, -0.2) is 4.98 Å². The molecule has 0 saturated heterocycles. The van der Waals surface area contributed by atoms with Gasteiger partial charge in [-0.2, -0.15) is 9.97 Å². The summed E-state index contributed by atoms with van der Waals surface area (Å²) in [6, 6.07) is 50.2. The van der Waals surface area contributed by atoms with Crippen LogP contribution in [0.3, 0.4) is 0 Å². The quantitative estimate of drug-likeness (QED) is 0.199. The molecule has 0 saturated carbocycles. The number of benzene rings is 7. The molecule has 0 N–H and O–H groups in total. The van der Waals surface area contributed by atoms with Crippen LogP contribution in [0.4, 0.5) is 0 Å². The molecule has 0 aliphatic heterocycles. The van der Waals surface area contributed by atoms with Crippen LogP contribution in [0.5, 0.6) is 0 Å². The summed E-state index contributed by atoms with van der Waals surface area (Å²) in [6.07, 6.45) is 0. The average Bonchev–Trinajstić information content (AvgIpc) is 3.49. The Labute approximate surface area is 269 Å². The zero-order valence-corrected chi connectivity index (χ0v) is 25.2. The molecule has 0 bridgehead atoms. The van der Waals surface area contributed by atoms with Crippen molar-refractivity contribution in [1.29, 1.82) is 0 Å². The van der Waals surface area contributed by atoms with Gasteiger partial charge in [-0.3, -0.25) is 0 Å². The molecule has 216 valence electrons. The SMILES string of the molecule is Clc1nc(-c2ccc(-c3cccc4ccccc34)c3ccccc23)nc(-c2cc(-c3ccccc3)cc3c2oc2ccccc23)n1. The average molecular weight is 610 g/mol. The van der Waals surface area contributed by atoms with Crippen LogP contribution in [-0.2, 0) is 0 Å². The Balaban J connectivity index is 1.27. The lowest BCUT2D eigenvalue weighted by atomic mass is 9.92. The molecular weight excluding hydrogens is 586 g/mol. The third kappa shape index (κ3) is 4.34. The normalized spacial score (nSPS) is 11.6. The van der Waals surface area contributed by atoms with Crippen molar-refractivity contribution >= 4 is 55.1 Å². The van der Waals surface area contributed by atoms with E-state index in [0.29, 0.717) is 17.2 Å². The molecule has 0 unspecified atom stereocenters. The maximum atomic E-state index is 6.69. The summed E-state index contributed by atoms with van der Waals surface area (Å²) in [7, 11) is 0. The number of para-hydroxylation sites is 1. The first-order valence-corrected chi connectivity index (χ1v) is 15.5. The van der Waals surface area contributed by atoms with E-state index in [1.165, 1.54) is 16.3 Å². The van der Waals surface area contributed by atoms with Crippen molar-refractivity contribution in [3.05, 3.63) is 151 Å². The molecule has 0 atom stereocenters. The van der Waals surface area contributed by atoms with Crippen LogP contribution >= 0.6 is 11.6 Å². The van der Waals surface area contributed by atoms with Gasteiger partial charge in [0.1, 0.15) is 11.2 Å². The van der Waals surface area contributed by atoms with E-state index >= 15 is 0 Å². The van der Waals surface area contributed by atoms with Gasteiger partial charge < -0.3 is 4.42 Å². The van der Waals surface area contributed by atoms with E-state index in [1.807, 2.05) is 42.5 Å². The molecule has 0 spiro atoms. The lowest BCUT2D eigenvalue weighted by Gasteiger charge is -2.14. The molecule has 2 aromatic heterocycles. The van der Waals surface area contributed by atoms with Gasteiger partial charge in [0.25, 0.3) is 0 Å². The van der Waals surface area contributed by atoms with Gasteiger partial charge >= 0.3 is 0 Å². The van der Waals surface area contributed by atoms with Crippen LogP contribution in [-0.4, -0.2) is 15.0 Å². The highest BCUT2D eigenvalue weighted by Crippen LogP contribution is 2.41. The lowest BCUT2D eigenvalue weighted by molar-refractivity contribution is 0.669. The first kappa shape index (κ1) is 26.6. The van der Waals surface area contributed by atoms with E-state index in [-0.39, 0.29) is 5.28 Å². The minimum absolute atomic E-state index is 0.122. The summed E-state index contributed by atoms with van der Waals surface area (Å²) < 4.78 is 6.44. The van der Waals surface area contributed by atoms with Crippen molar-refractivity contribution in [2.75, 3.05) is 0 Å². The van der Waals surface area contributed by atoms with Crippen LogP contribution < -0.4 is 0 Å². The van der Waals surface area contributed by atoms with Crippen LogP contribution in [0.25, 0.3) is 88.5 Å². The predicted octanol–water partition coefficient (Wildman–Crippen LogP) is 11.4. The molecule has 0 aliphatic rings. The summed E-state index contributed by atoms with van der Waals surface area (Å²) in [5.74, 6) is 0.962. The largest absolute Gasteiger partial charge is 0.455 e. The van der Waals surface area contributed by atoms with E-state index in [2.05, 4.69) is 113 Å². The Morgan fingerprint density at radius 3 is 1.85 bits per heavy atom. The predicted molar refractivity (Wildman–Crippen MR) is 189 cm³/mol. The molecule has 0 radical (unpaired) electrons. The first-order chi connectivity index (χ1) is 22.7. The number of aromatic nitrogens is 3. The number of rotatable bonds is 4. The van der Waals surface area contributed by atoms with E-state index in [4.69, 9.17) is 21.0 Å². The van der Waals surface area contributed by atoms with Gasteiger partial charge in [0.15, 0.2) is 11.6 Å². The number of nitrogens with zero attached hydrogens (tertiary/aromatic N) is 3. The highest BCUT2D eigenvalue weighted by molar-refractivity contribution is 6.28. The van der Waals surface area contributed by atoms with Crippen molar-refractivity contribution in [2.24, 2.45) is 0 Å². The second kappa shape index (κ2) is 10.7. The number of furan rings is 1. The van der Waals surface area contributed by atoms with Crippen LogP contribution in [0.15, 0.2) is 150 Å². The number of hydrogen-bond acceptors (Lipinski definition) is 4. The van der Waals surface area contributed by atoms with Crippen molar-refractivity contribution in [2.45, 2.75) is 0 Å². The van der Waals surface area contributed by atoms with Crippen LogP contribution in [0.2, 0.25) is 5.28 Å². The molecule has 9 aromatic rings. The maximum absolute atomic E-state index is 6.69. The molecular formula is C41H24ClN3O. The summed E-state index contributed by atoms with van der Waals surface area (Å²) >= 11 is 6.69. The first-order valence-electron chi connectivity index (χ1n) is 15.1. The van der Waals surface area contributed by atoms with E-state index in [9.17, 15) is 0 Å². The van der Waals surface area contributed by atoms with Crippen molar-refractivity contribution in [1.82, 2.24) is 15.0 Å². The van der Waals surface area contributed by atoms with Gasteiger partial charge in [0, 0.05) is 16.3 Å². The molecule has 4 nitrogen and oxygen atoms in total. The van der Waals surface area contributed by atoms with Gasteiger partial charge in [0.2, 0.25) is 5.28 Å². The topological polar surface area (TPSA) is 51.8 Å². The lowest BCUT2D eigenvalue weighted by Crippen LogP contribution is -1.99. The zero-order valence-electron chi connectivity index (χ0n) is 24.5. The van der Waals surface area contributed by atoms with Gasteiger partial charge in [-0.1, -0.05) is 121 Å². The molecule has 9 rings (SSSR count). The fraction of sp³-hybridized carbons (Fsp3) is 0. The third-order valence-electron chi connectivity index (χ3n) is 8.68. The number of fused-ring (bicyclic) bond motifs is 5. The number of halogens is 1. The van der Waals surface area contributed by atoms with Crippen molar-refractivity contribution in [3.63, 3.8) is 0 Å². The molecule has 7 aromatic carbocycles. The van der Waals surface area contributed by atoms with Gasteiger partial charge in [-0.05, 0) is 79.7 Å². The third-order valence-corrected chi connectivity index (χ3v) is 8.85. The standard InChI is InChI=1S/C41H24ClN3O/c42-41-44-39(34-22-21-32(30-16-6-7-17-31(30)34)29-19-10-14-26-13-4-5-15-28(26)29)43-40(45-41)36-24-27(25-11-2-1-3-12-25)23-35-33-18-8-9-20-37(33)46-38(35)36/h1-24H. The molecule has 0 amide bonds. The van der Waals surface area contributed by atoms with Crippen LogP contribution in [0.1, 0.15) is 0 Å². The monoisotopic (exact) mass is 609 g/mol. The Morgan fingerprint density at radius 1 is 0.413 bits per heavy atom. The fourth-order valence-corrected chi connectivity index (χ4v) is 6.73. The van der Waals surface area contributed by atoms with Crippen LogP contribution in [0, 0.1) is 0 Å². The number of hydrogen-bond donors (Lipinski definition) is 0. The zero-order chi connectivity index (χ0) is 30.6. The van der Waals surface area contributed by atoms with Gasteiger partial charge in [0.05, 0.1) is 5.56 Å². The second-order valence-corrected chi connectivity index (χ2v) is 11.7. The fourth-order valence-electron chi connectivity index (χ4n) is 6.57. The smallest absolute Gasteiger partial charge is 0.226 e. The minimum Gasteiger partial charge on any atom is -0.455 e. The maximum Gasteiger partial charge on any atom is 0.226 e. The van der Waals surface area contributed by atoms with Crippen molar-refractivity contribution < 1.29 is 4.42 Å². The Hall–Kier alpha value is -5.84.